The summed E-state index contributed by atoms with van der Waals surface area (Å²) in [7, 11) is 0. The molecule has 1 aromatic rings. The first-order valence-electron chi connectivity index (χ1n) is 10.7. The fourth-order valence-electron chi connectivity index (χ4n) is 3.79. The van der Waals surface area contributed by atoms with Crippen molar-refractivity contribution in [1.29, 1.82) is 0 Å². The fraction of sp³-hybridized carbons (Fsp3) is 0.565. The van der Waals surface area contributed by atoms with Crippen molar-refractivity contribution in [2.75, 3.05) is 26.3 Å². The molecule has 1 amide bonds. The predicted molar refractivity (Wildman–Crippen MR) is 111 cm³/mol. The van der Waals surface area contributed by atoms with Crippen molar-refractivity contribution >= 4 is 18.0 Å². The normalized spacial score (nSPS) is 19.2. The topological polar surface area (TPSA) is 65.1 Å². The summed E-state index contributed by atoms with van der Waals surface area (Å²) >= 11 is 0. The van der Waals surface area contributed by atoms with Crippen LogP contribution in [0.3, 0.4) is 0 Å². The minimum Gasteiger partial charge on any atom is -0.493 e. The first-order valence-corrected chi connectivity index (χ1v) is 10.7. The number of fused-ring (bicyclic) bond motifs is 1. The molecule has 2 aliphatic heterocycles. The first kappa shape index (κ1) is 21.2. The quantitative estimate of drug-likeness (QED) is 0.536. The van der Waals surface area contributed by atoms with E-state index in [1.165, 1.54) is 12.5 Å². The van der Waals surface area contributed by atoms with E-state index < -0.39 is 5.97 Å². The summed E-state index contributed by atoms with van der Waals surface area (Å²) < 4.78 is 16.7. The Kier molecular flexibility index (Phi) is 7.55. The van der Waals surface area contributed by atoms with Crippen LogP contribution in [0.4, 0.5) is 0 Å². The second kappa shape index (κ2) is 10.3. The van der Waals surface area contributed by atoms with Crippen molar-refractivity contribution in [2.24, 2.45) is 0 Å². The Labute approximate surface area is 172 Å². The zero-order chi connectivity index (χ0) is 20.6. The summed E-state index contributed by atoms with van der Waals surface area (Å²) in [5, 5.41) is 0. The van der Waals surface area contributed by atoms with Gasteiger partial charge in [-0.05, 0) is 44.9 Å². The molecule has 6 nitrogen and oxygen atoms in total. The highest BCUT2D eigenvalue weighted by Gasteiger charge is 2.21. The van der Waals surface area contributed by atoms with Crippen molar-refractivity contribution in [2.45, 2.75) is 58.5 Å². The number of ether oxygens (including phenoxy) is 3. The van der Waals surface area contributed by atoms with Gasteiger partial charge in [0.05, 0.1) is 6.61 Å². The molecule has 0 radical (unpaired) electrons. The lowest BCUT2D eigenvalue weighted by Crippen LogP contribution is -2.36. The Morgan fingerprint density at radius 1 is 1.17 bits per heavy atom. The summed E-state index contributed by atoms with van der Waals surface area (Å²) in [6.07, 6.45) is 9.54. The molecule has 0 N–H and O–H groups in total. The highest BCUT2D eigenvalue weighted by Crippen LogP contribution is 2.35. The lowest BCUT2D eigenvalue weighted by molar-refractivity contribution is -0.148. The van der Waals surface area contributed by atoms with Gasteiger partial charge in [0.2, 0.25) is 0 Å². The van der Waals surface area contributed by atoms with E-state index in [1.54, 1.807) is 6.08 Å². The molecule has 1 fully saturated rings. The SMILES string of the molecule is CCOc1cc2c(cc1/C=C/C(=O)OCC(=O)N1CCCCCCC1)O[C@@H](C)C2. The number of carbonyl (C=O) groups excluding carboxylic acids is 2. The average molecular weight is 402 g/mol. The van der Waals surface area contributed by atoms with Crippen molar-refractivity contribution in [3.8, 4) is 11.5 Å². The third-order valence-corrected chi connectivity index (χ3v) is 5.27. The van der Waals surface area contributed by atoms with E-state index in [2.05, 4.69) is 0 Å². The Balaban J connectivity index is 1.57. The molecule has 1 aromatic carbocycles. The molecule has 1 atom stereocenters. The molecule has 2 heterocycles. The summed E-state index contributed by atoms with van der Waals surface area (Å²) in [5.74, 6) is 0.872. The van der Waals surface area contributed by atoms with E-state index >= 15 is 0 Å². The Bertz CT molecular complexity index is 750. The molecule has 0 aliphatic carbocycles. The number of rotatable bonds is 6. The molecule has 2 aliphatic rings. The summed E-state index contributed by atoms with van der Waals surface area (Å²) in [6, 6.07) is 3.86. The van der Waals surface area contributed by atoms with Gasteiger partial charge in [-0.3, -0.25) is 4.79 Å². The molecular weight excluding hydrogens is 370 g/mol. The van der Waals surface area contributed by atoms with Gasteiger partial charge < -0.3 is 19.1 Å². The van der Waals surface area contributed by atoms with Gasteiger partial charge in [-0.15, -0.1) is 0 Å². The molecular formula is C23H31NO5. The number of nitrogens with zero attached hydrogens (tertiary/aromatic N) is 1. The molecule has 1 saturated heterocycles. The average Bonchev–Trinajstić information content (AvgIpc) is 3.03. The van der Waals surface area contributed by atoms with E-state index in [4.69, 9.17) is 14.2 Å². The molecule has 158 valence electrons. The maximum Gasteiger partial charge on any atom is 0.331 e. The molecule has 0 unspecified atom stereocenters. The zero-order valence-corrected chi connectivity index (χ0v) is 17.4. The molecule has 0 saturated carbocycles. The highest BCUT2D eigenvalue weighted by atomic mass is 16.5. The van der Waals surface area contributed by atoms with E-state index in [1.807, 2.05) is 30.9 Å². The Morgan fingerprint density at radius 3 is 2.62 bits per heavy atom. The van der Waals surface area contributed by atoms with Crippen LogP contribution in [0.1, 0.15) is 57.1 Å². The van der Waals surface area contributed by atoms with Crippen LogP contribution in [0.15, 0.2) is 18.2 Å². The minimum absolute atomic E-state index is 0.122. The van der Waals surface area contributed by atoms with Crippen LogP contribution in [-0.4, -0.2) is 49.2 Å². The molecule has 0 aromatic heterocycles. The molecule has 29 heavy (non-hydrogen) atoms. The summed E-state index contributed by atoms with van der Waals surface area (Å²) in [4.78, 5) is 26.3. The van der Waals surface area contributed by atoms with Crippen molar-refractivity contribution in [3.05, 3.63) is 29.3 Å². The standard InChI is InChI=1S/C23H31NO5/c1-3-27-20-15-19-13-17(2)29-21(19)14-18(20)9-10-23(26)28-16-22(25)24-11-7-5-4-6-8-12-24/h9-10,14-15,17H,3-8,11-13,16H2,1-2H3/b10-9+/t17-/m0/s1. The Hall–Kier alpha value is -2.50. The van der Waals surface area contributed by atoms with E-state index in [0.29, 0.717) is 12.4 Å². The van der Waals surface area contributed by atoms with Crippen molar-refractivity contribution < 1.29 is 23.8 Å². The third kappa shape index (κ3) is 5.99. The number of carbonyl (C=O) groups is 2. The van der Waals surface area contributed by atoms with Crippen LogP contribution in [0.5, 0.6) is 11.5 Å². The van der Waals surface area contributed by atoms with Gasteiger partial charge in [-0.2, -0.15) is 0 Å². The second-order valence-corrected chi connectivity index (χ2v) is 7.65. The third-order valence-electron chi connectivity index (χ3n) is 5.27. The largest absolute Gasteiger partial charge is 0.493 e. The minimum atomic E-state index is -0.539. The maximum atomic E-state index is 12.3. The van der Waals surface area contributed by atoms with Crippen LogP contribution >= 0.6 is 0 Å². The molecule has 6 heteroatoms. The monoisotopic (exact) mass is 401 g/mol. The summed E-state index contributed by atoms with van der Waals surface area (Å²) in [5.41, 5.74) is 1.87. The van der Waals surface area contributed by atoms with Crippen LogP contribution < -0.4 is 9.47 Å². The van der Waals surface area contributed by atoms with Crippen LogP contribution in [0, 0.1) is 0 Å². The van der Waals surface area contributed by atoms with Crippen LogP contribution in [0.25, 0.3) is 6.08 Å². The second-order valence-electron chi connectivity index (χ2n) is 7.65. The number of esters is 1. The van der Waals surface area contributed by atoms with Gasteiger partial charge in [0.1, 0.15) is 17.6 Å². The predicted octanol–water partition coefficient (Wildman–Crippen LogP) is 3.76. The van der Waals surface area contributed by atoms with E-state index in [9.17, 15) is 9.59 Å². The number of amides is 1. The lowest BCUT2D eigenvalue weighted by atomic mass is 10.1. The first-order chi connectivity index (χ1) is 14.1. The van der Waals surface area contributed by atoms with Gasteiger partial charge >= 0.3 is 5.97 Å². The van der Waals surface area contributed by atoms with Crippen molar-refractivity contribution in [1.82, 2.24) is 4.90 Å². The van der Waals surface area contributed by atoms with Crippen LogP contribution in [0.2, 0.25) is 0 Å². The van der Waals surface area contributed by atoms with Gasteiger partial charge in [0.15, 0.2) is 6.61 Å². The Morgan fingerprint density at radius 2 is 1.90 bits per heavy atom. The molecule has 3 rings (SSSR count). The van der Waals surface area contributed by atoms with Crippen LogP contribution in [-0.2, 0) is 20.7 Å². The lowest BCUT2D eigenvalue weighted by Gasteiger charge is -2.24. The smallest absolute Gasteiger partial charge is 0.331 e. The highest BCUT2D eigenvalue weighted by molar-refractivity contribution is 5.89. The number of hydrogen-bond donors (Lipinski definition) is 0. The molecule has 0 bridgehead atoms. The van der Waals surface area contributed by atoms with Gasteiger partial charge in [0, 0.05) is 36.7 Å². The number of likely N-dealkylation sites (tertiary alicyclic amines) is 1. The van der Waals surface area contributed by atoms with Gasteiger partial charge in [-0.25, -0.2) is 4.79 Å². The maximum absolute atomic E-state index is 12.3. The van der Waals surface area contributed by atoms with E-state index in [0.717, 1.165) is 62.1 Å². The summed E-state index contributed by atoms with van der Waals surface area (Å²) in [6.45, 7) is 5.76. The van der Waals surface area contributed by atoms with Crippen molar-refractivity contribution in [3.63, 3.8) is 0 Å². The fourth-order valence-corrected chi connectivity index (χ4v) is 3.79. The molecule has 0 spiro atoms. The number of hydrogen-bond acceptors (Lipinski definition) is 5. The zero-order valence-electron chi connectivity index (χ0n) is 17.4. The van der Waals surface area contributed by atoms with Gasteiger partial charge in [0.25, 0.3) is 5.91 Å². The van der Waals surface area contributed by atoms with E-state index in [-0.39, 0.29) is 18.6 Å². The number of benzene rings is 1. The van der Waals surface area contributed by atoms with Gasteiger partial charge in [-0.1, -0.05) is 19.3 Å².